The van der Waals surface area contributed by atoms with Gasteiger partial charge in [0.1, 0.15) is 17.3 Å². The number of rotatable bonds is 4. The summed E-state index contributed by atoms with van der Waals surface area (Å²) in [5.41, 5.74) is 0. The number of benzene rings is 1. The second kappa shape index (κ2) is 6.43. The Balaban J connectivity index is 1.71. The summed E-state index contributed by atoms with van der Waals surface area (Å²) in [6.07, 6.45) is 6.35. The number of nitrogens with zero attached hydrogens (tertiary/aromatic N) is 1. The summed E-state index contributed by atoms with van der Waals surface area (Å²) in [5, 5.41) is 3.20. The molecule has 0 amide bonds. The SMILES string of the molecule is CC1C=CCC(Nc2cc(Oc3ccccc3)ccn2)C1=O. The zero-order valence-corrected chi connectivity index (χ0v) is 12.4. The molecule has 1 aromatic carbocycles. The van der Waals surface area contributed by atoms with Crippen LogP contribution in [-0.2, 0) is 4.79 Å². The number of ether oxygens (including phenoxy) is 1. The van der Waals surface area contributed by atoms with Gasteiger partial charge in [-0.1, -0.05) is 37.3 Å². The number of anilines is 1. The molecule has 1 aromatic heterocycles. The lowest BCUT2D eigenvalue weighted by Crippen LogP contribution is -2.35. The van der Waals surface area contributed by atoms with Crippen LogP contribution in [0.2, 0.25) is 0 Å². The molecule has 112 valence electrons. The fourth-order valence-electron chi connectivity index (χ4n) is 2.43. The summed E-state index contributed by atoms with van der Waals surface area (Å²) >= 11 is 0. The monoisotopic (exact) mass is 294 g/mol. The molecule has 2 atom stereocenters. The molecule has 4 nitrogen and oxygen atoms in total. The number of Topliss-reactive ketones (excluding diaryl/α,β-unsaturated/α-hetero) is 1. The van der Waals surface area contributed by atoms with E-state index in [0.717, 1.165) is 5.75 Å². The van der Waals surface area contributed by atoms with Gasteiger partial charge < -0.3 is 10.1 Å². The van der Waals surface area contributed by atoms with E-state index in [-0.39, 0.29) is 17.7 Å². The van der Waals surface area contributed by atoms with Crippen molar-refractivity contribution < 1.29 is 9.53 Å². The first-order valence-corrected chi connectivity index (χ1v) is 7.38. The van der Waals surface area contributed by atoms with Gasteiger partial charge in [-0.15, -0.1) is 0 Å². The van der Waals surface area contributed by atoms with Crippen LogP contribution in [-0.4, -0.2) is 16.8 Å². The maximum absolute atomic E-state index is 12.1. The van der Waals surface area contributed by atoms with Crippen molar-refractivity contribution in [2.45, 2.75) is 19.4 Å². The number of pyridine rings is 1. The third-order valence-electron chi connectivity index (χ3n) is 3.62. The average molecular weight is 294 g/mol. The Hall–Kier alpha value is -2.62. The molecule has 0 fully saturated rings. The predicted molar refractivity (Wildman–Crippen MR) is 86.1 cm³/mol. The number of carbonyl (C=O) groups is 1. The summed E-state index contributed by atoms with van der Waals surface area (Å²) < 4.78 is 5.78. The van der Waals surface area contributed by atoms with Gasteiger partial charge in [0.05, 0.1) is 6.04 Å². The summed E-state index contributed by atoms with van der Waals surface area (Å²) in [7, 11) is 0. The van der Waals surface area contributed by atoms with E-state index in [1.807, 2.05) is 55.5 Å². The molecular formula is C18H18N2O2. The Morgan fingerprint density at radius 1 is 1.18 bits per heavy atom. The van der Waals surface area contributed by atoms with Crippen molar-refractivity contribution in [2.24, 2.45) is 5.92 Å². The number of aromatic nitrogens is 1. The van der Waals surface area contributed by atoms with Crippen molar-refractivity contribution in [1.29, 1.82) is 0 Å². The quantitative estimate of drug-likeness (QED) is 0.871. The van der Waals surface area contributed by atoms with Gasteiger partial charge in [0.15, 0.2) is 5.78 Å². The first kappa shape index (κ1) is 14.3. The van der Waals surface area contributed by atoms with Crippen molar-refractivity contribution in [3.63, 3.8) is 0 Å². The third-order valence-corrected chi connectivity index (χ3v) is 3.62. The van der Waals surface area contributed by atoms with Gasteiger partial charge in [-0.05, 0) is 24.6 Å². The van der Waals surface area contributed by atoms with Gasteiger partial charge >= 0.3 is 0 Å². The Labute approximate surface area is 129 Å². The fourth-order valence-corrected chi connectivity index (χ4v) is 2.43. The molecule has 1 aliphatic carbocycles. The lowest BCUT2D eigenvalue weighted by molar-refractivity contribution is -0.122. The fraction of sp³-hybridized carbons (Fsp3) is 0.222. The van der Waals surface area contributed by atoms with E-state index in [0.29, 0.717) is 18.0 Å². The van der Waals surface area contributed by atoms with Crippen LogP contribution in [0.3, 0.4) is 0 Å². The van der Waals surface area contributed by atoms with E-state index in [2.05, 4.69) is 10.3 Å². The topological polar surface area (TPSA) is 51.2 Å². The number of hydrogen-bond acceptors (Lipinski definition) is 4. The first-order chi connectivity index (χ1) is 10.7. The number of ketones is 1. The molecule has 4 heteroatoms. The van der Waals surface area contributed by atoms with Crippen LogP contribution < -0.4 is 10.1 Å². The van der Waals surface area contributed by atoms with Crippen molar-refractivity contribution in [3.05, 3.63) is 60.8 Å². The number of nitrogens with one attached hydrogen (secondary N) is 1. The molecule has 0 aliphatic heterocycles. The van der Waals surface area contributed by atoms with Gasteiger partial charge in [-0.25, -0.2) is 4.98 Å². The zero-order chi connectivity index (χ0) is 15.4. The molecule has 1 heterocycles. The Morgan fingerprint density at radius 2 is 2.00 bits per heavy atom. The Bertz CT molecular complexity index is 682. The van der Waals surface area contributed by atoms with Gasteiger partial charge in [-0.2, -0.15) is 0 Å². The van der Waals surface area contributed by atoms with Crippen molar-refractivity contribution >= 4 is 11.6 Å². The van der Waals surface area contributed by atoms with Gasteiger partial charge in [0.25, 0.3) is 0 Å². The molecule has 1 N–H and O–H groups in total. The standard InChI is InChI=1S/C18H18N2O2/c1-13-6-5-9-16(18(13)21)20-17-12-15(10-11-19-17)22-14-7-3-2-4-8-14/h2-8,10-13,16H,9H2,1H3,(H,19,20). The number of allylic oxidation sites excluding steroid dienone is 1. The minimum Gasteiger partial charge on any atom is -0.457 e. The number of para-hydroxylation sites is 1. The molecule has 2 unspecified atom stereocenters. The minimum atomic E-state index is -0.223. The number of hydrogen-bond donors (Lipinski definition) is 1. The van der Waals surface area contributed by atoms with Gasteiger partial charge in [0, 0.05) is 18.2 Å². The normalized spacial score (nSPS) is 20.7. The second-order valence-electron chi connectivity index (χ2n) is 5.34. The van der Waals surface area contributed by atoms with Crippen LogP contribution in [0, 0.1) is 5.92 Å². The third kappa shape index (κ3) is 3.34. The summed E-state index contributed by atoms with van der Waals surface area (Å²) in [6, 6.07) is 12.9. The molecule has 22 heavy (non-hydrogen) atoms. The van der Waals surface area contributed by atoms with Crippen LogP contribution in [0.25, 0.3) is 0 Å². The highest BCUT2D eigenvalue weighted by Crippen LogP contribution is 2.24. The largest absolute Gasteiger partial charge is 0.457 e. The van der Waals surface area contributed by atoms with Crippen LogP contribution in [0.1, 0.15) is 13.3 Å². The Morgan fingerprint density at radius 3 is 2.82 bits per heavy atom. The lowest BCUT2D eigenvalue weighted by atomic mass is 9.92. The molecule has 1 aliphatic rings. The van der Waals surface area contributed by atoms with Crippen molar-refractivity contribution in [3.8, 4) is 11.5 Å². The summed E-state index contributed by atoms with van der Waals surface area (Å²) in [4.78, 5) is 16.4. The van der Waals surface area contributed by atoms with E-state index in [1.54, 1.807) is 12.3 Å². The van der Waals surface area contributed by atoms with Crippen molar-refractivity contribution in [1.82, 2.24) is 4.98 Å². The highest BCUT2D eigenvalue weighted by Gasteiger charge is 2.24. The van der Waals surface area contributed by atoms with Crippen LogP contribution in [0.5, 0.6) is 11.5 Å². The maximum Gasteiger partial charge on any atom is 0.161 e. The minimum absolute atomic E-state index is 0.0463. The van der Waals surface area contributed by atoms with E-state index in [4.69, 9.17) is 4.74 Å². The molecule has 3 rings (SSSR count). The highest BCUT2D eigenvalue weighted by atomic mass is 16.5. The second-order valence-corrected chi connectivity index (χ2v) is 5.34. The molecule has 0 bridgehead atoms. The van der Waals surface area contributed by atoms with E-state index in [1.165, 1.54) is 0 Å². The molecule has 2 aromatic rings. The summed E-state index contributed by atoms with van der Waals surface area (Å²) in [6.45, 7) is 1.91. The van der Waals surface area contributed by atoms with E-state index in [9.17, 15) is 4.79 Å². The molecule has 0 spiro atoms. The van der Waals surface area contributed by atoms with Crippen molar-refractivity contribution in [2.75, 3.05) is 5.32 Å². The maximum atomic E-state index is 12.1. The lowest BCUT2D eigenvalue weighted by Gasteiger charge is -2.22. The number of carbonyl (C=O) groups excluding carboxylic acids is 1. The molecule has 0 saturated heterocycles. The van der Waals surface area contributed by atoms with E-state index >= 15 is 0 Å². The predicted octanol–water partition coefficient (Wildman–Crippen LogP) is 3.82. The highest BCUT2D eigenvalue weighted by molar-refractivity contribution is 5.90. The molecule has 0 radical (unpaired) electrons. The van der Waals surface area contributed by atoms with Gasteiger partial charge in [0.2, 0.25) is 0 Å². The average Bonchev–Trinajstić information content (AvgIpc) is 2.53. The van der Waals surface area contributed by atoms with Crippen LogP contribution in [0.15, 0.2) is 60.8 Å². The summed E-state index contributed by atoms with van der Waals surface area (Å²) in [5.74, 6) is 2.25. The van der Waals surface area contributed by atoms with E-state index < -0.39 is 0 Å². The smallest absolute Gasteiger partial charge is 0.161 e. The molecular weight excluding hydrogens is 276 g/mol. The van der Waals surface area contributed by atoms with Crippen LogP contribution in [0.4, 0.5) is 5.82 Å². The zero-order valence-electron chi connectivity index (χ0n) is 12.4. The first-order valence-electron chi connectivity index (χ1n) is 7.38. The Kier molecular flexibility index (Phi) is 4.19. The molecule has 0 saturated carbocycles. The van der Waals surface area contributed by atoms with Crippen LogP contribution >= 0.6 is 0 Å². The van der Waals surface area contributed by atoms with Gasteiger partial charge in [-0.3, -0.25) is 4.79 Å².